The highest BCUT2D eigenvalue weighted by Crippen LogP contribution is 2.25. The summed E-state index contributed by atoms with van der Waals surface area (Å²) in [7, 11) is 3.09. The van der Waals surface area contributed by atoms with Gasteiger partial charge in [0, 0.05) is 17.7 Å². The van der Waals surface area contributed by atoms with Crippen LogP contribution in [0.15, 0.2) is 24.3 Å². The molecule has 0 unspecified atom stereocenters. The van der Waals surface area contributed by atoms with Gasteiger partial charge < -0.3 is 19.5 Å². The molecule has 0 aliphatic rings. The van der Waals surface area contributed by atoms with E-state index in [-0.39, 0.29) is 18.6 Å². The van der Waals surface area contributed by atoms with E-state index in [0.717, 1.165) is 6.42 Å². The number of carbonyl (C=O) groups excluding carboxylic acids is 2. The smallest absolute Gasteiger partial charge is 0.331 e. The topological polar surface area (TPSA) is 73.9 Å². The fourth-order valence-electron chi connectivity index (χ4n) is 1.73. The van der Waals surface area contributed by atoms with Crippen molar-refractivity contribution in [3.8, 4) is 11.5 Å². The number of amides is 1. The molecule has 1 N–H and O–H groups in total. The molecule has 0 fully saturated rings. The van der Waals surface area contributed by atoms with Crippen LogP contribution in [0.25, 0.3) is 6.08 Å². The Morgan fingerprint density at radius 2 is 2.00 bits per heavy atom. The summed E-state index contributed by atoms with van der Waals surface area (Å²) in [5.41, 5.74) is 0.674. The van der Waals surface area contributed by atoms with E-state index in [2.05, 4.69) is 5.32 Å². The van der Waals surface area contributed by atoms with Gasteiger partial charge in [-0.25, -0.2) is 4.79 Å². The summed E-state index contributed by atoms with van der Waals surface area (Å²) in [6, 6.07) is 5.29. The first kappa shape index (κ1) is 18.5. The van der Waals surface area contributed by atoms with Crippen LogP contribution in [0.4, 0.5) is 0 Å². The van der Waals surface area contributed by atoms with Crippen molar-refractivity contribution >= 4 is 18.0 Å². The van der Waals surface area contributed by atoms with Gasteiger partial charge in [-0.05, 0) is 37.6 Å². The van der Waals surface area contributed by atoms with Crippen molar-refractivity contribution in [2.75, 3.05) is 20.8 Å². The SMILES string of the molecule is CC[C@H](C)NC(=O)COC(=O)/C=C/c1cc(OC)ccc1OC. The molecular weight excluding hydrogens is 298 g/mol. The maximum atomic E-state index is 11.7. The number of nitrogens with one attached hydrogen (secondary N) is 1. The fraction of sp³-hybridized carbons (Fsp3) is 0.412. The van der Waals surface area contributed by atoms with Gasteiger partial charge in [0.15, 0.2) is 6.61 Å². The minimum Gasteiger partial charge on any atom is -0.497 e. The maximum Gasteiger partial charge on any atom is 0.331 e. The third kappa shape index (κ3) is 6.42. The lowest BCUT2D eigenvalue weighted by Crippen LogP contribution is -2.35. The average molecular weight is 321 g/mol. The molecule has 1 amide bonds. The molecule has 0 aromatic heterocycles. The van der Waals surface area contributed by atoms with Gasteiger partial charge in [-0.3, -0.25) is 4.79 Å². The highest BCUT2D eigenvalue weighted by molar-refractivity contribution is 5.89. The van der Waals surface area contributed by atoms with Crippen LogP contribution >= 0.6 is 0 Å². The minimum atomic E-state index is -0.603. The molecule has 23 heavy (non-hydrogen) atoms. The zero-order valence-corrected chi connectivity index (χ0v) is 13.9. The standard InChI is InChI=1S/C17H23NO5/c1-5-12(2)18-16(19)11-23-17(20)9-6-13-10-14(21-3)7-8-15(13)22-4/h6-10,12H,5,11H2,1-4H3,(H,18,19)/b9-6+/t12-/m0/s1. The van der Waals surface area contributed by atoms with Crippen molar-refractivity contribution in [1.82, 2.24) is 5.32 Å². The van der Waals surface area contributed by atoms with Crippen LogP contribution in [0.5, 0.6) is 11.5 Å². The number of carbonyl (C=O) groups is 2. The van der Waals surface area contributed by atoms with Crippen LogP contribution in [0.2, 0.25) is 0 Å². The number of ether oxygens (including phenoxy) is 3. The Morgan fingerprint density at radius 3 is 2.61 bits per heavy atom. The summed E-state index contributed by atoms with van der Waals surface area (Å²) in [6.07, 6.45) is 3.61. The first-order valence-corrected chi connectivity index (χ1v) is 7.36. The predicted octanol–water partition coefficient (Wildman–Crippen LogP) is 2.17. The molecule has 126 valence electrons. The van der Waals surface area contributed by atoms with E-state index in [1.807, 2.05) is 13.8 Å². The van der Waals surface area contributed by atoms with E-state index in [9.17, 15) is 9.59 Å². The molecule has 1 aromatic carbocycles. The van der Waals surface area contributed by atoms with E-state index in [4.69, 9.17) is 14.2 Å². The third-order valence-corrected chi connectivity index (χ3v) is 3.20. The van der Waals surface area contributed by atoms with Crippen molar-refractivity contribution in [2.24, 2.45) is 0 Å². The Morgan fingerprint density at radius 1 is 1.26 bits per heavy atom. The number of hydrogen-bond donors (Lipinski definition) is 1. The van der Waals surface area contributed by atoms with Gasteiger partial charge in [-0.1, -0.05) is 6.92 Å². The van der Waals surface area contributed by atoms with Crippen LogP contribution in [-0.4, -0.2) is 38.7 Å². The molecule has 0 heterocycles. The largest absolute Gasteiger partial charge is 0.497 e. The molecule has 1 aromatic rings. The lowest BCUT2D eigenvalue weighted by molar-refractivity contribution is -0.144. The molecule has 0 bridgehead atoms. The lowest BCUT2D eigenvalue weighted by Gasteiger charge is -2.10. The molecule has 6 heteroatoms. The summed E-state index contributed by atoms with van der Waals surface area (Å²) in [5.74, 6) is 0.324. The molecule has 0 spiro atoms. The Labute approximate surface area is 136 Å². The number of methoxy groups -OCH3 is 2. The Kier molecular flexibility index (Phi) is 7.66. The van der Waals surface area contributed by atoms with Crippen LogP contribution < -0.4 is 14.8 Å². The Hall–Kier alpha value is -2.50. The summed E-state index contributed by atoms with van der Waals surface area (Å²) >= 11 is 0. The first-order valence-electron chi connectivity index (χ1n) is 7.36. The zero-order chi connectivity index (χ0) is 17.2. The fourth-order valence-corrected chi connectivity index (χ4v) is 1.73. The predicted molar refractivity (Wildman–Crippen MR) is 87.4 cm³/mol. The molecule has 0 saturated carbocycles. The molecule has 0 saturated heterocycles. The summed E-state index contributed by atoms with van der Waals surface area (Å²) in [5, 5.41) is 2.72. The normalized spacial score (nSPS) is 11.8. The van der Waals surface area contributed by atoms with E-state index >= 15 is 0 Å². The highest BCUT2D eigenvalue weighted by atomic mass is 16.5. The van der Waals surface area contributed by atoms with E-state index in [1.165, 1.54) is 13.2 Å². The van der Waals surface area contributed by atoms with Gasteiger partial charge in [-0.2, -0.15) is 0 Å². The van der Waals surface area contributed by atoms with E-state index in [0.29, 0.717) is 17.1 Å². The highest BCUT2D eigenvalue weighted by Gasteiger charge is 2.08. The third-order valence-electron chi connectivity index (χ3n) is 3.20. The van der Waals surface area contributed by atoms with Gasteiger partial charge in [0.05, 0.1) is 14.2 Å². The number of benzene rings is 1. The van der Waals surface area contributed by atoms with Crippen LogP contribution in [0.3, 0.4) is 0 Å². The summed E-state index contributed by atoms with van der Waals surface area (Å²) in [4.78, 5) is 23.2. The zero-order valence-electron chi connectivity index (χ0n) is 13.9. The monoisotopic (exact) mass is 321 g/mol. The second-order valence-electron chi connectivity index (χ2n) is 4.93. The second-order valence-corrected chi connectivity index (χ2v) is 4.93. The van der Waals surface area contributed by atoms with E-state index in [1.54, 1.807) is 31.4 Å². The molecule has 0 aliphatic carbocycles. The van der Waals surface area contributed by atoms with Crippen molar-refractivity contribution in [2.45, 2.75) is 26.3 Å². The van der Waals surface area contributed by atoms with Crippen molar-refractivity contribution < 1.29 is 23.8 Å². The van der Waals surface area contributed by atoms with Crippen molar-refractivity contribution in [3.63, 3.8) is 0 Å². The lowest BCUT2D eigenvalue weighted by atomic mass is 10.1. The Bertz CT molecular complexity index is 568. The molecule has 1 rings (SSSR count). The summed E-state index contributed by atoms with van der Waals surface area (Å²) in [6.45, 7) is 3.54. The van der Waals surface area contributed by atoms with E-state index < -0.39 is 5.97 Å². The quantitative estimate of drug-likeness (QED) is 0.587. The number of esters is 1. The molecular formula is C17H23NO5. The second kappa shape index (κ2) is 9.50. The average Bonchev–Trinajstić information content (AvgIpc) is 2.57. The maximum absolute atomic E-state index is 11.7. The number of hydrogen-bond acceptors (Lipinski definition) is 5. The van der Waals surface area contributed by atoms with Gasteiger partial charge >= 0.3 is 5.97 Å². The molecule has 6 nitrogen and oxygen atoms in total. The molecule has 1 atom stereocenters. The van der Waals surface area contributed by atoms with Gasteiger partial charge in [-0.15, -0.1) is 0 Å². The number of rotatable bonds is 8. The minimum absolute atomic E-state index is 0.0535. The van der Waals surface area contributed by atoms with Gasteiger partial charge in [0.25, 0.3) is 5.91 Å². The van der Waals surface area contributed by atoms with Crippen molar-refractivity contribution in [1.29, 1.82) is 0 Å². The van der Waals surface area contributed by atoms with Gasteiger partial charge in [0.1, 0.15) is 11.5 Å². The molecule has 0 radical (unpaired) electrons. The van der Waals surface area contributed by atoms with Crippen LogP contribution in [0.1, 0.15) is 25.8 Å². The van der Waals surface area contributed by atoms with Gasteiger partial charge in [0.2, 0.25) is 0 Å². The van der Waals surface area contributed by atoms with Crippen LogP contribution in [-0.2, 0) is 14.3 Å². The first-order chi connectivity index (χ1) is 11.0. The van der Waals surface area contributed by atoms with Crippen molar-refractivity contribution in [3.05, 3.63) is 29.8 Å². The van der Waals surface area contributed by atoms with Crippen LogP contribution in [0, 0.1) is 0 Å². The molecule has 0 aliphatic heterocycles. The summed E-state index contributed by atoms with van der Waals surface area (Å²) < 4.78 is 15.2. The Balaban J connectivity index is 2.60.